The molecule has 0 aliphatic heterocycles. The van der Waals surface area contributed by atoms with Crippen molar-refractivity contribution in [3.63, 3.8) is 0 Å². The normalized spacial score (nSPS) is 14.6. The number of carboxylic acid groups (broad SMARTS) is 1. The van der Waals surface area contributed by atoms with E-state index in [9.17, 15) is 19.2 Å². The van der Waals surface area contributed by atoms with Crippen LogP contribution in [-0.2, 0) is 25.6 Å². The van der Waals surface area contributed by atoms with Crippen LogP contribution < -0.4 is 27.4 Å². The topological polar surface area (TPSA) is 226 Å². The maximum absolute atomic E-state index is 13.0. The highest BCUT2D eigenvalue weighted by molar-refractivity contribution is 7.80. The van der Waals surface area contributed by atoms with E-state index in [0.29, 0.717) is 25.1 Å². The third-order valence-electron chi connectivity index (χ3n) is 4.52. The first-order valence-corrected chi connectivity index (χ1v) is 10.6. The summed E-state index contributed by atoms with van der Waals surface area (Å²) in [4.78, 5) is 55.6. The predicted molar refractivity (Wildman–Crippen MR) is 118 cm³/mol. The Balaban J connectivity index is 2.98. The molecule has 4 unspecified atom stereocenters. The first-order chi connectivity index (χ1) is 15.2. The number of aliphatic carboxylic acids is 1. The van der Waals surface area contributed by atoms with Gasteiger partial charge in [0.25, 0.3) is 0 Å². The molecule has 0 aromatic carbocycles. The average Bonchev–Trinajstić information content (AvgIpc) is 3.28. The van der Waals surface area contributed by atoms with E-state index in [1.165, 1.54) is 12.5 Å². The number of unbranched alkanes of at least 4 members (excludes halogenated alkanes) is 1. The molecule has 32 heavy (non-hydrogen) atoms. The van der Waals surface area contributed by atoms with Crippen LogP contribution in [0.15, 0.2) is 12.5 Å². The monoisotopic (exact) mass is 473 g/mol. The summed E-state index contributed by atoms with van der Waals surface area (Å²) in [6.07, 6.45) is 4.18. The van der Waals surface area contributed by atoms with Crippen molar-refractivity contribution < 1.29 is 29.4 Å². The van der Waals surface area contributed by atoms with Gasteiger partial charge in [-0.05, 0) is 25.8 Å². The number of aliphatic hydroxyl groups excluding tert-OH is 1. The fourth-order valence-corrected chi connectivity index (χ4v) is 2.93. The maximum atomic E-state index is 13.0. The van der Waals surface area contributed by atoms with Crippen LogP contribution >= 0.6 is 12.6 Å². The van der Waals surface area contributed by atoms with Gasteiger partial charge in [-0.2, -0.15) is 12.6 Å². The molecule has 4 atom stereocenters. The molecule has 13 nitrogen and oxygen atoms in total. The molecule has 0 aliphatic carbocycles. The molecule has 0 saturated carbocycles. The van der Waals surface area contributed by atoms with Gasteiger partial charge in [0.15, 0.2) is 0 Å². The third kappa shape index (κ3) is 9.21. The van der Waals surface area contributed by atoms with E-state index in [1.54, 1.807) is 0 Å². The Morgan fingerprint density at radius 3 is 2.22 bits per heavy atom. The van der Waals surface area contributed by atoms with E-state index in [2.05, 4.69) is 38.5 Å². The SMILES string of the molecule is NCCCCC(NC(=O)C(Cc1cnc[nH]1)NC(=O)C(N)CO)C(=O)NC(CS)C(=O)O. The molecule has 10 N–H and O–H groups in total. The summed E-state index contributed by atoms with van der Waals surface area (Å²) < 4.78 is 0. The zero-order valence-electron chi connectivity index (χ0n) is 17.5. The summed E-state index contributed by atoms with van der Waals surface area (Å²) in [5.74, 6) is -3.54. The minimum atomic E-state index is -1.26. The van der Waals surface area contributed by atoms with Crippen molar-refractivity contribution in [2.45, 2.75) is 49.9 Å². The Morgan fingerprint density at radius 2 is 1.69 bits per heavy atom. The number of nitrogens with zero attached hydrogens (tertiary/aromatic N) is 1. The van der Waals surface area contributed by atoms with E-state index in [-0.39, 0.29) is 18.6 Å². The van der Waals surface area contributed by atoms with Crippen molar-refractivity contribution in [1.82, 2.24) is 25.9 Å². The van der Waals surface area contributed by atoms with Gasteiger partial charge in [0.05, 0.1) is 12.9 Å². The number of imidazole rings is 1. The molecule has 0 saturated heterocycles. The van der Waals surface area contributed by atoms with Crippen molar-refractivity contribution in [3.8, 4) is 0 Å². The van der Waals surface area contributed by atoms with Crippen molar-refractivity contribution in [3.05, 3.63) is 18.2 Å². The number of carbonyl (C=O) groups is 4. The van der Waals surface area contributed by atoms with Crippen LogP contribution in [0, 0.1) is 0 Å². The van der Waals surface area contributed by atoms with E-state index in [4.69, 9.17) is 21.7 Å². The van der Waals surface area contributed by atoms with Gasteiger partial charge in [-0.1, -0.05) is 0 Å². The molecular weight excluding hydrogens is 442 g/mol. The van der Waals surface area contributed by atoms with Gasteiger partial charge in [-0.15, -0.1) is 0 Å². The Kier molecular flexibility index (Phi) is 12.3. The Hall–Kier alpha value is -2.68. The molecule has 14 heteroatoms. The Labute approximate surface area is 190 Å². The highest BCUT2D eigenvalue weighted by Crippen LogP contribution is 2.05. The lowest BCUT2D eigenvalue weighted by Gasteiger charge is -2.24. The molecule has 0 fully saturated rings. The van der Waals surface area contributed by atoms with Crippen LogP contribution in [0.4, 0.5) is 0 Å². The molecule has 1 rings (SSSR count). The van der Waals surface area contributed by atoms with Crippen LogP contribution in [0.3, 0.4) is 0 Å². The van der Waals surface area contributed by atoms with Crippen LogP contribution in [0.25, 0.3) is 0 Å². The summed E-state index contributed by atoms with van der Waals surface area (Å²) in [7, 11) is 0. The molecule has 1 aromatic heterocycles. The average molecular weight is 474 g/mol. The maximum Gasteiger partial charge on any atom is 0.327 e. The third-order valence-corrected chi connectivity index (χ3v) is 4.89. The quantitative estimate of drug-likeness (QED) is 0.0925. The van der Waals surface area contributed by atoms with Gasteiger partial charge in [0, 0.05) is 24.1 Å². The van der Waals surface area contributed by atoms with Crippen molar-refractivity contribution in [2.75, 3.05) is 18.9 Å². The Morgan fingerprint density at radius 1 is 1.06 bits per heavy atom. The molecule has 180 valence electrons. The van der Waals surface area contributed by atoms with Crippen LogP contribution in [-0.4, -0.2) is 86.9 Å². The Bertz CT molecular complexity index is 748. The fourth-order valence-electron chi connectivity index (χ4n) is 2.68. The fraction of sp³-hybridized carbons (Fsp3) is 0.611. The number of hydrogen-bond donors (Lipinski definition) is 9. The summed E-state index contributed by atoms with van der Waals surface area (Å²) in [6.45, 7) is -0.233. The van der Waals surface area contributed by atoms with E-state index < -0.39 is 54.5 Å². The summed E-state index contributed by atoms with van der Waals surface area (Å²) >= 11 is 3.91. The highest BCUT2D eigenvalue weighted by Gasteiger charge is 2.30. The lowest BCUT2D eigenvalue weighted by molar-refractivity contribution is -0.141. The second-order valence-electron chi connectivity index (χ2n) is 7.06. The van der Waals surface area contributed by atoms with Crippen molar-refractivity contribution in [2.24, 2.45) is 11.5 Å². The second kappa shape index (κ2) is 14.4. The number of rotatable bonds is 15. The smallest absolute Gasteiger partial charge is 0.327 e. The molecule has 1 heterocycles. The summed E-state index contributed by atoms with van der Waals surface area (Å²) in [6, 6.07) is -4.67. The molecule has 0 spiro atoms. The van der Waals surface area contributed by atoms with Gasteiger partial charge in [-0.25, -0.2) is 9.78 Å². The zero-order valence-corrected chi connectivity index (χ0v) is 18.4. The van der Waals surface area contributed by atoms with Crippen LogP contribution in [0.5, 0.6) is 0 Å². The molecule has 0 aliphatic rings. The minimum Gasteiger partial charge on any atom is -0.480 e. The number of aliphatic hydroxyl groups is 1. The van der Waals surface area contributed by atoms with Gasteiger partial charge >= 0.3 is 5.97 Å². The van der Waals surface area contributed by atoms with Crippen LogP contribution in [0.1, 0.15) is 25.0 Å². The first-order valence-electron chi connectivity index (χ1n) is 10.0. The zero-order chi connectivity index (χ0) is 24.1. The predicted octanol–water partition coefficient (Wildman–Crippen LogP) is -3.13. The molecular formula is C18H31N7O6S. The molecule has 0 bridgehead atoms. The number of nitrogens with one attached hydrogen (secondary N) is 4. The number of carboxylic acids is 1. The number of thiol groups is 1. The summed E-state index contributed by atoms with van der Waals surface area (Å²) in [5.41, 5.74) is 11.5. The standard InChI is InChI=1S/C18H31N7O6S/c19-4-2-1-3-12(16(28)25-14(8-32)18(30)31)23-17(29)13(5-10-6-21-9-22-10)24-15(27)11(20)7-26/h6,9,11-14,26,32H,1-5,7-8,19-20H2,(H,21,22)(H,23,29)(H,24,27)(H,25,28)(H,30,31). The lowest BCUT2D eigenvalue weighted by atomic mass is 10.1. The van der Waals surface area contributed by atoms with E-state index >= 15 is 0 Å². The van der Waals surface area contributed by atoms with E-state index in [1.807, 2.05) is 0 Å². The second-order valence-corrected chi connectivity index (χ2v) is 7.42. The first kappa shape index (κ1) is 27.4. The molecule has 0 radical (unpaired) electrons. The van der Waals surface area contributed by atoms with E-state index in [0.717, 1.165) is 0 Å². The van der Waals surface area contributed by atoms with Crippen LogP contribution in [0.2, 0.25) is 0 Å². The lowest BCUT2D eigenvalue weighted by Crippen LogP contribution is -2.58. The summed E-state index contributed by atoms with van der Waals surface area (Å²) in [5, 5.41) is 25.6. The van der Waals surface area contributed by atoms with Crippen molar-refractivity contribution in [1.29, 1.82) is 0 Å². The van der Waals surface area contributed by atoms with Gasteiger partial charge in [0.2, 0.25) is 17.7 Å². The number of aromatic nitrogens is 2. The number of carbonyl (C=O) groups excluding carboxylic acids is 3. The minimum absolute atomic E-state index is 0.0151. The number of amides is 3. The van der Waals surface area contributed by atoms with Gasteiger partial charge in [0.1, 0.15) is 24.2 Å². The van der Waals surface area contributed by atoms with Gasteiger partial charge < -0.3 is 42.6 Å². The highest BCUT2D eigenvalue weighted by atomic mass is 32.1. The van der Waals surface area contributed by atoms with Crippen molar-refractivity contribution >= 4 is 36.3 Å². The van der Waals surface area contributed by atoms with Gasteiger partial charge in [-0.3, -0.25) is 14.4 Å². The number of aromatic amines is 1. The largest absolute Gasteiger partial charge is 0.480 e. The number of hydrogen-bond acceptors (Lipinski definition) is 9. The molecule has 1 aromatic rings. The number of nitrogens with two attached hydrogens (primary N) is 2. The molecule has 3 amide bonds. The number of H-pyrrole nitrogens is 1.